The largest absolute Gasteiger partial charge is 0.494 e. The van der Waals surface area contributed by atoms with E-state index in [1.165, 1.54) is 0 Å². The van der Waals surface area contributed by atoms with E-state index in [-0.39, 0.29) is 18.7 Å². The molecule has 0 spiro atoms. The van der Waals surface area contributed by atoms with E-state index < -0.39 is 18.5 Å². The number of hydrogen-bond donors (Lipinski definition) is 1. The van der Waals surface area contributed by atoms with Gasteiger partial charge in [0, 0.05) is 18.5 Å². The lowest BCUT2D eigenvalue weighted by Gasteiger charge is -2.12. The summed E-state index contributed by atoms with van der Waals surface area (Å²) in [6.07, 6.45) is -3.11. The maximum Gasteiger partial charge on any atom is 0.433 e. The Bertz CT molecular complexity index is 567. The monoisotopic (exact) mass is 300 g/mol. The molecule has 21 heavy (non-hydrogen) atoms. The first kappa shape index (κ1) is 15.4. The minimum atomic E-state index is -4.53. The molecule has 0 aliphatic rings. The van der Waals surface area contributed by atoms with Gasteiger partial charge in [-0.1, -0.05) is 18.2 Å². The lowest BCUT2D eigenvalue weighted by atomic mass is 10.2. The highest BCUT2D eigenvalue weighted by Gasteiger charge is 2.37. The van der Waals surface area contributed by atoms with Crippen molar-refractivity contribution in [1.29, 1.82) is 0 Å². The molecular weight excluding hydrogens is 285 g/mol. The molecule has 0 bridgehead atoms. The molecule has 7 heteroatoms. The summed E-state index contributed by atoms with van der Waals surface area (Å²) in [5, 5.41) is 12.6. The fourth-order valence-electron chi connectivity index (χ4n) is 1.96. The third kappa shape index (κ3) is 3.98. The van der Waals surface area contributed by atoms with Crippen LogP contribution in [0.3, 0.4) is 0 Å². The Balaban J connectivity index is 1.93. The number of hydrogen-bond acceptors (Lipinski definition) is 3. The van der Waals surface area contributed by atoms with Crippen LogP contribution in [0.25, 0.3) is 0 Å². The normalized spacial score (nSPS) is 11.6. The van der Waals surface area contributed by atoms with E-state index >= 15 is 0 Å². The van der Waals surface area contributed by atoms with E-state index in [2.05, 4.69) is 5.10 Å². The maximum absolute atomic E-state index is 12.9. The van der Waals surface area contributed by atoms with Crippen molar-refractivity contribution >= 4 is 0 Å². The number of ether oxygens (including phenoxy) is 1. The van der Waals surface area contributed by atoms with Gasteiger partial charge in [0.05, 0.1) is 19.4 Å². The zero-order valence-electron chi connectivity index (χ0n) is 11.2. The number of aryl methyl sites for hydroxylation is 1. The number of halogens is 3. The fraction of sp³-hybridized carbons (Fsp3) is 0.357. The fourth-order valence-corrected chi connectivity index (χ4v) is 1.96. The maximum atomic E-state index is 12.9. The molecule has 0 fully saturated rings. The lowest BCUT2D eigenvalue weighted by Crippen LogP contribution is -2.17. The summed E-state index contributed by atoms with van der Waals surface area (Å²) in [5.74, 6) is 0.671. The second-order valence-electron chi connectivity index (χ2n) is 4.41. The average Bonchev–Trinajstić information content (AvgIpc) is 2.88. The van der Waals surface area contributed by atoms with Crippen molar-refractivity contribution in [3.63, 3.8) is 0 Å². The minimum Gasteiger partial charge on any atom is -0.494 e. The summed E-state index contributed by atoms with van der Waals surface area (Å²) in [4.78, 5) is 0. The summed E-state index contributed by atoms with van der Waals surface area (Å²) in [5.41, 5.74) is -1.11. The third-order valence-corrected chi connectivity index (χ3v) is 2.88. The van der Waals surface area contributed by atoms with Crippen LogP contribution in [0, 0.1) is 0 Å². The zero-order valence-corrected chi connectivity index (χ0v) is 11.2. The van der Waals surface area contributed by atoms with Crippen molar-refractivity contribution in [2.24, 2.45) is 0 Å². The first-order valence-corrected chi connectivity index (χ1v) is 6.43. The van der Waals surface area contributed by atoms with E-state index in [1.54, 1.807) is 12.1 Å². The molecule has 114 valence electrons. The van der Waals surface area contributed by atoms with Crippen LogP contribution < -0.4 is 4.74 Å². The van der Waals surface area contributed by atoms with Crippen LogP contribution in [0.5, 0.6) is 5.75 Å². The predicted octanol–water partition coefficient (Wildman–Crippen LogP) is 2.86. The number of benzene rings is 1. The van der Waals surface area contributed by atoms with Gasteiger partial charge in [-0.15, -0.1) is 0 Å². The Morgan fingerprint density at radius 2 is 1.90 bits per heavy atom. The van der Waals surface area contributed by atoms with Crippen LogP contribution in [0.1, 0.15) is 17.7 Å². The number of alkyl halides is 3. The van der Waals surface area contributed by atoms with Crippen LogP contribution in [0.15, 0.2) is 36.5 Å². The summed E-state index contributed by atoms with van der Waals surface area (Å²) >= 11 is 0. The lowest BCUT2D eigenvalue weighted by molar-refractivity contribution is -0.145. The molecule has 2 rings (SSSR count). The van der Waals surface area contributed by atoms with Gasteiger partial charge in [-0.3, -0.25) is 4.68 Å². The SMILES string of the molecule is OCc1cnn(CCCOc2ccccc2)c1C(F)(F)F. The van der Waals surface area contributed by atoms with Crippen molar-refractivity contribution in [3.05, 3.63) is 47.8 Å². The molecule has 1 N–H and O–H groups in total. The molecule has 0 aliphatic carbocycles. The zero-order chi connectivity index (χ0) is 15.3. The Morgan fingerprint density at radius 1 is 1.19 bits per heavy atom. The Labute approximate surface area is 119 Å². The summed E-state index contributed by atoms with van der Waals surface area (Å²) in [7, 11) is 0. The Morgan fingerprint density at radius 3 is 2.52 bits per heavy atom. The van der Waals surface area contributed by atoms with Gasteiger partial charge in [-0.2, -0.15) is 18.3 Å². The quantitative estimate of drug-likeness (QED) is 0.835. The number of aliphatic hydroxyl groups excluding tert-OH is 1. The van der Waals surface area contributed by atoms with Crippen molar-refractivity contribution in [3.8, 4) is 5.75 Å². The molecule has 4 nitrogen and oxygen atoms in total. The molecule has 1 heterocycles. The predicted molar refractivity (Wildman–Crippen MR) is 69.7 cm³/mol. The van der Waals surface area contributed by atoms with Gasteiger partial charge in [0.1, 0.15) is 11.4 Å². The molecule has 1 aromatic carbocycles. The first-order valence-electron chi connectivity index (χ1n) is 6.43. The highest BCUT2D eigenvalue weighted by atomic mass is 19.4. The number of aliphatic hydroxyl groups is 1. The number of rotatable bonds is 6. The average molecular weight is 300 g/mol. The first-order chi connectivity index (χ1) is 10.0. The van der Waals surface area contributed by atoms with Crippen LogP contribution in [-0.4, -0.2) is 21.5 Å². The van der Waals surface area contributed by atoms with E-state index in [9.17, 15) is 13.2 Å². The number of nitrogens with zero attached hydrogens (tertiary/aromatic N) is 2. The number of para-hydroxylation sites is 1. The third-order valence-electron chi connectivity index (χ3n) is 2.88. The standard InChI is InChI=1S/C14H15F3N2O2/c15-14(16,17)13-11(10-20)9-18-19(13)7-4-8-21-12-5-2-1-3-6-12/h1-3,5-6,9,20H,4,7-8,10H2. The van der Waals surface area contributed by atoms with Crippen molar-refractivity contribution in [2.75, 3.05) is 6.61 Å². The topological polar surface area (TPSA) is 47.3 Å². The smallest absolute Gasteiger partial charge is 0.433 e. The van der Waals surface area contributed by atoms with Crippen LogP contribution in [-0.2, 0) is 19.3 Å². The summed E-state index contributed by atoms with van der Waals surface area (Å²) in [6.45, 7) is -0.327. The molecule has 0 aliphatic heterocycles. The number of aromatic nitrogens is 2. The second-order valence-corrected chi connectivity index (χ2v) is 4.41. The molecular formula is C14H15F3N2O2. The van der Waals surface area contributed by atoms with E-state index in [4.69, 9.17) is 9.84 Å². The highest BCUT2D eigenvalue weighted by Crippen LogP contribution is 2.32. The van der Waals surface area contributed by atoms with Crippen LogP contribution in [0.4, 0.5) is 13.2 Å². The van der Waals surface area contributed by atoms with Gasteiger partial charge in [-0.25, -0.2) is 0 Å². The molecule has 0 unspecified atom stereocenters. The Kier molecular flexibility index (Phi) is 4.85. The highest BCUT2D eigenvalue weighted by molar-refractivity contribution is 5.21. The summed E-state index contributed by atoms with van der Waals surface area (Å²) < 4.78 is 45.0. The van der Waals surface area contributed by atoms with E-state index in [0.717, 1.165) is 10.9 Å². The summed E-state index contributed by atoms with van der Waals surface area (Å²) in [6, 6.07) is 9.04. The molecule has 2 aromatic rings. The second kappa shape index (κ2) is 6.62. The molecule has 0 saturated carbocycles. The van der Waals surface area contributed by atoms with Crippen LogP contribution >= 0.6 is 0 Å². The van der Waals surface area contributed by atoms with Gasteiger partial charge < -0.3 is 9.84 Å². The Hall–Kier alpha value is -2.02. The minimum absolute atomic E-state index is 0.0711. The van der Waals surface area contributed by atoms with Crippen LogP contribution in [0.2, 0.25) is 0 Å². The molecule has 0 atom stereocenters. The van der Waals surface area contributed by atoms with E-state index in [1.807, 2.05) is 18.2 Å². The molecule has 0 amide bonds. The molecule has 1 aromatic heterocycles. The van der Waals surface area contributed by atoms with Crippen molar-refractivity contribution in [1.82, 2.24) is 9.78 Å². The molecule has 0 saturated heterocycles. The van der Waals surface area contributed by atoms with Gasteiger partial charge in [0.2, 0.25) is 0 Å². The van der Waals surface area contributed by atoms with E-state index in [0.29, 0.717) is 12.2 Å². The van der Waals surface area contributed by atoms with Gasteiger partial charge >= 0.3 is 6.18 Å². The van der Waals surface area contributed by atoms with Crippen molar-refractivity contribution < 1.29 is 23.0 Å². The van der Waals surface area contributed by atoms with Gasteiger partial charge in [-0.05, 0) is 12.1 Å². The van der Waals surface area contributed by atoms with Gasteiger partial charge in [0.15, 0.2) is 0 Å². The van der Waals surface area contributed by atoms with Crippen molar-refractivity contribution in [2.45, 2.75) is 25.7 Å². The molecule has 0 radical (unpaired) electrons. The van der Waals surface area contributed by atoms with Gasteiger partial charge in [0.25, 0.3) is 0 Å².